The normalized spacial score (nSPS) is 13.1. The first-order valence-electron chi connectivity index (χ1n) is 6.03. The summed E-state index contributed by atoms with van der Waals surface area (Å²) >= 11 is 5.99. The predicted octanol–water partition coefficient (Wildman–Crippen LogP) is 2.75. The van der Waals surface area contributed by atoms with Crippen molar-refractivity contribution in [3.8, 4) is 0 Å². The fourth-order valence-electron chi connectivity index (χ4n) is 2.07. The number of nitrogens with zero attached hydrogens (tertiary/aromatic N) is 2. The maximum atomic E-state index is 5.99. The van der Waals surface area contributed by atoms with E-state index < -0.39 is 0 Å². The van der Waals surface area contributed by atoms with Crippen molar-refractivity contribution >= 4 is 22.6 Å². The summed E-state index contributed by atoms with van der Waals surface area (Å²) in [5.74, 6) is 0.892. The molecular weight excluding hydrogens is 250 g/mol. The highest BCUT2D eigenvalue weighted by atomic mass is 35.5. The van der Waals surface area contributed by atoms with Gasteiger partial charge in [-0.2, -0.15) is 0 Å². The standard InChI is InChI=1S/C13H18ClN3O/c1-9(15)13-16-11-8-10(14)4-5-12(11)17(13)6-3-7-18-2/h4-5,8-9H,3,6-7,15H2,1-2H3. The highest BCUT2D eigenvalue weighted by Gasteiger charge is 2.13. The van der Waals surface area contributed by atoms with Crippen LogP contribution in [0.25, 0.3) is 11.0 Å². The van der Waals surface area contributed by atoms with E-state index in [0.29, 0.717) is 5.02 Å². The van der Waals surface area contributed by atoms with Gasteiger partial charge in [-0.05, 0) is 31.5 Å². The molecule has 0 aliphatic rings. The number of ether oxygens (including phenoxy) is 1. The highest BCUT2D eigenvalue weighted by molar-refractivity contribution is 6.31. The largest absolute Gasteiger partial charge is 0.385 e. The Morgan fingerprint density at radius 2 is 2.28 bits per heavy atom. The van der Waals surface area contributed by atoms with Gasteiger partial charge in [0.2, 0.25) is 0 Å². The quantitative estimate of drug-likeness (QED) is 0.848. The fraction of sp³-hybridized carbons (Fsp3) is 0.462. The molecule has 1 unspecified atom stereocenters. The smallest absolute Gasteiger partial charge is 0.126 e. The lowest BCUT2D eigenvalue weighted by Gasteiger charge is -2.11. The molecule has 2 rings (SSSR count). The second-order valence-electron chi connectivity index (χ2n) is 4.39. The number of nitrogens with two attached hydrogens (primary N) is 1. The molecular formula is C13H18ClN3O. The van der Waals surface area contributed by atoms with Crippen LogP contribution in [0.4, 0.5) is 0 Å². The number of aromatic nitrogens is 2. The van der Waals surface area contributed by atoms with Crippen molar-refractivity contribution in [3.63, 3.8) is 0 Å². The molecule has 4 nitrogen and oxygen atoms in total. The molecule has 0 fully saturated rings. The first-order valence-corrected chi connectivity index (χ1v) is 6.41. The number of halogens is 1. The lowest BCUT2D eigenvalue weighted by atomic mass is 10.3. The van der Waals surface area contributed by atoms with Crippen LogP contribution >= 0.6 is 11.6 Å². The van der Waals surface area contributed by atoms with Gasteiger partial charge in [0.15, 0.2) is 0 Å². The van der Waals surface area contributed by atoms with Gasteiger partial charge in [-0.1, -0.05) is 11.6 Å². The zero-order valence-corrected chi connectivity index (χ0v) is 11.4. The predicted molar refractivity (Wildman–Crippen MR) is 73.8 cm³/mol. The van der Waals surface area contributed by atoms with E-state index in [0.717, 1.165) is 36.4 Å². The maximum absolute atomic E-state index is 5.99. The Bertz CT molecular complexity index is 536. The van der Waals surface area contributed by atoms with Crippen molar-refractivity contribution in [1.29, 1.82) is 0 Å². The fourth-order valence-corrected chi connectivity index (χ4v) is 2.24. The van der Waals surface area contributed by atoms with Gasteiger partial charge in [0, 0.05) is 25.3 Å². The summed E-state index contributed by atoms with van der Waals surface area (Å²) in [6.45, 7) is 3.52. The Morgan fingerprint density at radius 1 is 1.50 bits per heavy atom. The topological polar surface area (TPSA) is 53.1 Å². The number of fused-ring (bicyclic) bond motifs is 1. The van der Waals surface area contributed by atoms with E-state index in [1.165, 1.54) is 0 Å². The SMILES string of the molecule is COCCCn1c(C(C)N)nc2cc(Cl)ccc21. The van der Waals surface area contributed by atoms with E-state index in [4.69, 9.17) is 22.1 Å². The van der Waals surface area contributed by atoms with Crippen molar-refractivity contribution in [3.05, 3.63) is 29.0 Å². The molecule has 5 heteroatoms. The third-order valence-electron chi connectivity index (χ3n) is 2.88. The Morgan fingerprint density at radius 3 is 2.94 bits per heavy atom. The number of aryl methyl sites for hydroxylation is 1. The summed E-state index contributed by atoms with van der Waals surface area (Å²) in [6, 6.07) is 5.64. The molecule has 0 amide bonds. The second-order valence-corrected chi connectivity index (χ2v) is 4.83. The molecule has 2 aromatic rings. The monoisotopic (exact) mass is 267 g/mol. The van der Waals surface area contributed by atoms with E-state index in [1.54, 1.807) is 7.11 Å². The molecule has 18 heavy (non-hydrogen) atoms. The molecule has 0 saturated carbocycles. The number of benzene rings is 1. The van der Waals surface area contributed by atoms with Crippen molar-refractivity contribution in [2.24, 2.45) is 5.73 Å². The summed E-state index contributed by atoms with van der Waals surface area (Å²) in [7, 11) is 1.71. The van der Waals surface area contributed by atoms with Crippen LogP contribution in [0.2, 0.25) is 5.02 Å². The van der Waals surface area contributed by atoms with Crippen molar-refractivity contribution < 1.29 is 4.74 Å². The van der Waals surface area contributed by atoms with Crippen LogP contribution in [0.1, 0.15) is 25.2 Å². The van der Waals surface area contributed by atoms with Crippen molar-refractivity contribution in [1.82, 2.24) is 9.55 Å². The molecule has 2 N–H and O–H groups in total. The van der Waals surface area contributed by atoms with E-state index >= 15 is 0 Å². The van der Waals surface area contributed by atoms with E-state index in [1.807, 2.05) is 25.1 Å². The summed E-state index contributed by atoms with van der Waals surface area (Å²) in [6.07, 6.45) is 0.935. The molecule has 0 aliphatic heterocycles. The average molecular weight is 268 g/mol. The van der Waals surface area contributed by atoms with Gasteiger partial charge < -0.3 is 15.0 Å². The molecule has 0 bridgehead atoms. The molecule has 0 spiro atoms. The van der Waals surface area contributed by atoms with Gasteiger partial charge in [0.1, 0.15) is 5.82 Å². The second kappa shape index (κ2) is 5.69. The first-order chi connectivity index (χ1) is 8.63. The molecule has 1 atom stereocenters. The molecule has 0 radical (unpaired) electrons. The van der Waals surface area contributed by atoms with E-state index in [9.17, 15) is 0 Å². The van der Waals surface area contributed by atoms with E-state index in [2.05, 4.69) is 9.55 Å². The minimum absolute atomic E-state index is 0.0984. The minimum Gasteiger partial charge on any atom is -0.385 e. The molecule has 98 valence electrons. The van der Waals surface area contributed by atoms with Gasteiger partial charge in [-0.15, -0.1) is 0 Å². The van der Waals surface area contributed by atoms with E-state index in [-0.39, 0.29) is 6.04 Å². The lowest BCUT2D eigenvalue weighted by Crippen LogP contribution is -2.14. The van der Waals surface area contributed by atoms with Crippen LogP contribution in [0, 0.1) is 0 Å². The first kappa shape index (κ1) is 13.3. The van der Waals surface area contributed by atoms with Crippen LogP contribution in [0.15, 0.2) is 18.2 Å². The van der Waals surface area contributed by atoms with Crippen LogP contribution in [0.3, 0.4) is 0 Å². The van der Waals surface area contributed by atoms with Gasteiger partial charge in [0.05, 0.1) is 17.1 Å². The number of hydrogen-bond donors (Lipinski definition) is 1. The number of methoxy groups -OCH3 is 1. The summed E-state index contributed by atoms with van der Waals surface area (Å²) in [5, 5.41) is 0.695. The Labute approximate surface area is 112 Å². The number of hydrogen-bond acceptors (Lipinski definition) is 3. The van der Waals surface area contributed by atoms with Crippen molar-refractivity contribution in [2.75, 3.05) is 13.7 Å². The molecule has 1 aromatic heterocycles. The Hall–Kier alpha value is -1.10. The van der Waals surface area contributed by atoms with Gasteiger partial charge >= 0.3 is 0 Å². The van der Waals surface area contributed by atoms with Crippen LogP contribution in [-0.4, -0.2) is 23.3 Å². The zero-order chi connectivity index (χ0) is 13.1. The summed E-state index contributed by atoms with van der Waals surface area (Å²) in [5.41, 5.74) is 7.94. The summed E-state index contributed by atoms with van der Waals surface area (Å²) < 4.78 is 7.23. The van der Waals surface area contributed by atoms with Gasteiger partial charge in [-0.3, -0.25) is 0 Å². The van der Waals surface area contributed by atoms with Crippen molar-refractivity contribution in [2.45, 2.75) is 25.9 Å². The molecule has 1 aromatic carbocycles. The lowest BCUT2D eigenvalue weighted by molar-refractivity contribution is 0.190. The number of imidazole rings is 1. The Kier molecular flexibility index (Phi) is 4.22. The third kappa shape index (κ3) is 2.66. The van der Waals surface area contributed by atoms with Crippen LogP contribution in [0.5, 0.6) is 0 Å². The van der Waals surface area contributed by atoms with Crippen LogP contribution < -0.4 is 5.73 Å². The third-order valence-corrected chi connectivity index (χ3v) is 3.11. The number of rotatable bonds is 5. The van der Waals surface area contributed by atoms with Crippen LogP contribution in [-0.2, 0) is 11.3 Å². The summed E-state index contributed by atoms with van der Waals surface area (Å²) in [4.78, 5) is 4.56. The Balaban J connectivity index is 2.42. The van der Waals surface area contributed by atoms with Gasteiger partial charge in [0.25, 0.3) is 0 Å². The average Bonchev–Trinajstić information content (AvgIpc) is 2.68. The molecule has 0 saturated heterocycles. The minimum atomic E-state index is -0.0984. The molecule has 0 aliphatic carbocycles. The highest BCUT2D eigenvalue weighted by Crippen LogP contribution is 2.23. The van der Waals surface area contributed by atoms with Gasteiger partial charge in [-0.25, -0.2) is 4.98 Å². The zero-order valence-electron chi connectivity index (χ0n) is 10.7. The molecule has 1 heterocycles. The maximum Gasteiger partial charge on any atom is 0.126 e.